The molecule has 4 heterocycles. The molecule has 242 valence electrons. The number of hydrogen-bond donors (Lipinski definition) is 3. The number of halogens is 3. The van der Waals surface area contributed by atoms with E-state index >= 15 is 0 Å². The molecule has 2 saturated heterocycles. The third-order valence-electron chi connectivity index (χ3n) is 8.34. The van der Waals surface area contributed by atoms with Crippen LogP contribution in [0.4, 0.5) is 24.1 Å². The molecule has 15 heteroatoms. The van der Waals surface area contributed by atoms with E-state index in [-0.39, 0.29) is 40.1 Å². The van der Waals surface area contributed by atoms with Gasteiger partial charge in [0.25, 0.3) is 5.91 Å². The molecule has 45 heavy (non-hydrogen) atoms. The maximum absolute atomic E-state index is 13.9. The van der Waals surface area contributed by atoms with E-state index in [4.69, 9.17) is 4.74 Å². The van der Waals surface area contributed by atoms with Crippen LogP contribution in [0.2, 0.25) is 0 Å². The summed E-state index contributed by atoms with van der Waals surface area (Å²) < 4.78 is 46.5. The van der Waals surface area contributed by atoms with E-state index in [1.54, 1.807) is 0 Å². The number of carbonyl (C=O) groups is 2. The Kier molecular flexibility index (Phi) is 9.60. The number of anilines is 2. The lowest BCUT2D eigenvalue weighted by Gasteiger charge is -2.39. The molecule has 3 aromatic rings. The molecule has 0 radical (unpaired) electrons. The fourth-order valence-electron chi connectivity index (χ4n) is 5.83. The Morgan fingerprint density at radius 1 is 1.18 bits per heavy atom. The number of carboxylic acid groups (broad SMARTS) is 1. The molecule has 2 fully saturated rings. The quantitative estimate of drug-likeness (QED) is 0.297. The van der Waals surface area contributed by atoms with Gasteiger partial charge in [0.05, 0.1) is 36.7 Å². The topological polar surface area (TPSA) is 141 Å². The lowest BCUT2D eigenvalue weighted by Crippen LogP contribution is -2.43. The smallest absolute Gasteiger partial charge is 0.419 e. The predicted octanol–water partition coefficient (Wildman–Crippen LogP) is 4.78. The third-order valence-corrected chi connectivity index (χ3v) is 9.30. The molecule has 0 bridgehead atoms. The van der Waals surface area contributed by atoms with E-state index < -0.39 is 23.6 Å². The van der Waals surface area contributed by atoms with Gasteiger partial charge in [0.15, 0.2) is 5.13 Å². The molecule has 2 aromatic heterocycles. The number of piperidine rings is 2. The van der Waals surface area contributed by atoms with Crippen molar-refractivity contribution in [1.29, 1.82) is 0 Å². The molecule has 3 N–H and O–H groups in total. The number of nitrogens with one attached hydrogen (secondary N) is 1. The molecule has 0 saturated carbocycles. The molecule has 11 nitrogen and oxygen atoms in total. The van der Waals surface area contributed by atoms with Gasteiger partial charge >= 0.3 is 12.1 Å². The number of rotatable bonds is 9. The summed E-state index contributed by atoms with van der Waals surface area (Å²) in [7, 11) is 1.18. The molecule has 1 aromatic carbocycles. The highest BCUT2D eigenvalue weighted by atomic mass is 32.1. The minimum atomic E-state index is -4.65. The number of methoxy groups -OCH3 is 1. The number of aromatic nitrogens is 3. The first-order valence-corrected chi connectivity index (χ1v) is 15.4. The summed E-state index contributed by atoms with van der Waals surface area (Å²) in [5, 5.41) is 22.0. The molecule has 5 rings (SSSR count). The number of nitrogens with zero attached hydrogens (tertiary/aromatic N) is 5. The zero-order valence-corrected chi connectivity index (χ0v) is 25.7. The number of benzene rings is 1. The van der Waals surface area contributed by atoms with E-state index in [2.05, 4.69) is 25.2 Å². The maximum Gasteiger partial charge on any atom is 0.419 e. The second-order valence-electron chi connectivity index (χ2n) is 11.8. The summed E-state index contributed by atoms with van der Waals surface area (Å²) in [5.41, 5.74) is -0.657. The fourth-order valence-corrected chi connectivity index (χ4v) is 6.85. The van der Waals surface area contributed by atoms with Crippen molar-refractivity contribution in [2.75, 3.05) is 50.1 Å². The highest BCUT2D eigenvalue weighted by molar-refractivity contribution is 7.16. The van der Waals surface area contributed by atoms with Crippen LogP contribution in [0.25, 0.3) is 11.3 Å². The number of aliphatic hydroxyl groups is 1. The van der Waals surface area contributed by atoms with Gasteiger partial charge in [0, 0.05) is 48.6 Å². The Morgan fingerprint density at radius 2 is 1.93 bits per heavy atom. The summed E-state index contributed by atoms with van der Waals surface area (Å²) >= 11 is 1.17. The molecular formula is C30H35F3N6O5S. The molecule has 0 aliphatic carbocycles. The van der Waals surface area contributed by atoms with E-state index in [1.807, 2.05) is 11.8 Å². The number of likely N-dealkylation sites (tertiary alicyclic amines) is 1. The number of carboxylic acids is 1. The SMILES string of the molecule is COc1ccc(-c2nc(NC(=O)c3cnc(N4CCC(C(=O)O)CC4)cn3)sc2CN2CCCC(C)(CO)C2)cc1C(F)(F)F. The Labute approximate surface area is 262 Å². The van der Waals surface area contributed by atoms with Crippen molar-refractivity contribution >= 4 is 34.2 Å². The van der Waals surface area contributed by atoms with Gasteiger partial charge in [-0.05, 0) is 50.4 Å². The second-order valence-corrected chi connectivity index (χ2v) is 12.9. The van der Waals surface area contributed by atoms with Crippen LogP contribution in [0, 0.1) is 11.3 Å². The second kappa shape index (κ2) is 13.3. The largest absolute Gasteiger partial charge is 0.496 e. The van der Waals surface area contributed by atoms with Gasteiger partial charge in [-0.25, -0.2) is 15.0 Å². The van der Waals surface area contributed by atoms with E-state index in [1.165, 1.54) is 43.0 Å². The lowest BCUT2D eigenvalue weighted by atomic mass is 9.83. The van der Waals surface area contributed by atoms with Crippen molar-refractivity contribution in [3.05, 3.63) is 46.7 Å². The summed E-state index contributed by atoms with van der Waals surface area (Å²) in [6, 6.07) is 3.76. The van der Waals surface area contributed by atoms with Crippen molar-refractivity contribution < 1.29 is 37.7 Å². The predicted molar refractivity (Wildman–Crippen MR) is 161 cm³/mol. The Hall–Kier alpha value is -3.82. The van der Waals surface area contributed by atoms with Gasteiger partial charge in [-0.3, -0.25) is 19.8 Å². The van der Waals surface area contributed by atoms with Crippen LogP contribution in [0.3, 0.4) is 0 Å². The minimum Gasteiger partial charge on any atom is -0.496 e. The molecule has 1 amide bonds. The Bertz CT molecular complexity index is 1530. The molecule has 0 spiro atoms. The molecule has 2 aliphatic rings. The van der Waals surface area contributed by atoms with Gasteiger partial charge < -0.3 is 19.8 Å². The van der Waals surface area contributed by atoms with Crippen LogP contribution >= 0.6 is 11.3 Å². The van der Waals surface area contributed by atoms with Crippen LogP contribution < -0.4 is 15.0 Å². The van der Waals surface area contributed by atoms with Crippen LogP contribution in [0.1, 0.15) is 53.5 Å². The van der Waals surface area contributed by atoms with Crippen LogP contribution in [0.5, 0.6) is 5.75 Å². The number of carbonyl (C=O) groups excluding carboxylic acids is 1. The van der Waals surface area contributed by atoms with E-state index in [0.717, 1.165) is 25.5 Å². The molecule has 1 unspecified atom stereocenters. The van der Waals surface area contributed by atoms with Gasteiger partial charge in [-0.15, -0.1) is 0 Å². The number of alkyl halides is 3. The highest BCUT2D eigenvalue weighted by Gasteiger charge is 2.36. The summed E-state index contributed by atoms with van der Waals surface area (Å²) in [5.74, 6) is -1.56. The molecular weight excluding hydrogens is 613 g/mol. The molecule has 1 atom stereocenters. The molecule has 2 aliphatic heterocycles. The van der Waals surface area contributed by atoms with E-state index in [0.29, 0.717) is 55.4 Å². The minimum absolute atomic E-state index is 0.0220. The first kappa shape index (κ1) is 32.6. The number of hydrogen-bond acceptors (Lipinski definition) is 10. The van der Waals surface area contributed by atoms with Crippen molar-refractivity contribution in [1.82, 2.24) is 19.9 Å². The number of aliphatic hydroxyl groups excluding tert-OH is 1. The number of thiazole rings is 1. The van der Waals surface area contributed by atoms with Gasteiger partial charge in [-0.2, -0.15) is 13.2 Å². The zero-order chi connectivity index (χ0) is 32.4. The van der Waals surface area contributed by atoms with Crippen molar-refractivity contribution in [2.45, 2.75) is 45.3 Å². The first-order chi connectivity index (χ1) is 21.4. The Morgan fingerprint density at radius 3 is 2.56 bits per heavy atom. The maximum atomic E-state index is 13.9. The summed E-state index contributed by atoms with van der Waals surface area (Å²) in [6.45, 7) is 4.78. The monoisotopic (exact) mass is 648 g/mol. The lowest BCUT2D eigenvalue weighted by molar-refractivity contribution is -0.142. The summed E-state index contributed by atoms with van der Waals surface area (Å²) in [4.78, 5) is 42.2. The van der Waals surface area contributed by atoms with E-state index in [9.17, 15) is 33.0 Å². The normalized spacial score (nSPS) is 19.8. The van der Waals surface area contributed by atoms with Crippen LogP contribution in [0.15, 0.2) is 30.6 Å². The van der Waals surface area contributed by atoms with Gasteiger partial charge in [0.2, 0.25) is 0 Å². The number of ether oxygens (including phenoxy) is 1. The summed E-state index contributed by atoms with van der Waals surface area (Å²) in [6.07, 6.45) is 0.839. The van der Waals surface area contributed by atoms with Crippen molar-refractivity contribution in [2.24, 2.45) is 11.3 Å². The van der Waals surface area contributed by atoms with Crippen molar-refractivity contribution in [3.8, 4) is 17.0 Å². The number of aliphatic carboxylic acids is 1. The average Bonchev–Trinajstić information content (AvgIpc) is 3.42. The van der Waals surface area contributed by atoms with Gasteiger partial charge in [0.1, 0.15) is 17.3 Å². The third kappa shape index (κ3) is 7.53. The Balaban J connectivity index is 1.38. The van der Waals surface area contributed by atoms with Crippen LogP contribution in [-0.4, -0.2) is 81.8 Å². The zero-order valence-electron chi connectivity index (χ0n) is 24.9. The first-order valence-electron chi connectivity index (χ1n) is 14.6. The van der Waals surface area contributed by atoms with Crippen molar-refractivity contribution in [3.63, 3.8) is 0 Å². The standard InChI is InChI=1S/C30H35F3N6O5S/c1-29(17-40)8-3-9-38(16-29)15-23-25(19-4-5-22(44-2)20(12-19)30(31,32)33)36-28(45-23)37-26(41)21-13-35-24(14-34-21)39-10-6-18(7-11-39)27(42)43/h4-5,12-14,18,40H,3,6-11,15-17H2,1-2H3,(H,42,43)(H,36,37,41). The van der Waals surface area contributed by atoms with Crippen LogP contribution in [-0.2, 0) is 17.5 Å². The number of amides is 1. The average molecular weight is 649 g/mol. The fraction of sp³-hybridized carbons (Fsp3) is 0.500. The van der Waals surface area contributed by atoms with Gasteiger partial charge in [-0.1, -0.05) is 18.3 Å². The highest BCUT2D eigenvalue weighted by Crippen LogP contribution is 2.41.